The highest BCUT2D eigenvalue weighted by Crippen LogP contribution is 2.32. The third-order valence-corrected chi connectivity index (χ3v) is 8.84. The van der Waals surface area contributed by atoms with Gasteiger partial charge in [-0.25, -0.2) is 0 Å². The maximum absolute atomic E-state index is 13.8. The minimum absolute atomic E-state index is 0.116. The van der Waals surface area contributed by atoms with Crippen molar-refractivity contribution in [3.8, 4) is 0 Å². The van der Waals surface area contributed by atoms with Crippen molar-refractivity contribution in [3.05, 3.63) is 98.2 Å². The summed E-state index contributed by atoms with van der Waals surface area (Å²) in [6.07, 6.45) is 0.394. The first kappa shape index (κ1) is 27.5. The molecule has 0 spiro atoms. The maximum Gasteiger partial charge on any atom is 0.270 e. The summed E-state index contributed by atoms with van der Waals surface area (Å²) in [4.78, 5) is 66.6. The van der Waals surface area contributed by atoms with Crippen molar-refractivity contribution >= 4 is 52.3 Å². The van der Waals surface area contributed by atoms with E-state index < -0.39 is 29.0 Å². The van der Waals surface area contributed by atoms with E-state index in [2.05, 4.69) is 5.32 Å². The summed E-state index contributed by atoms with van der Waals surface area (Å²) in [6, 6.07) is 14.6. The lowest BCUT2D eigenvalue weighted by Crippen LogP contribution is -2.53. The van der Waals surface area contributed by atoms with Gasteiger partial charge in [0.1, 0.15) is 12.1 Å². The first-order valence-corrected chi connectivity index (χ1v) is 14.8. The van der Waals surface area contributed by atoms with Crippen LogP contribution in [0.25, 0.3) is 0 Å². The SMILES string of the molecule is O=C(N[C@@H](CSCc1ccccc1)C(=O)N1CC[C@@H]2[C@H]1C(=O)CN2C(=O)c1cccc([N+](=O)[O-])c1)c1ccsc1. The van der Waals surface area contributed by atoms with Crippen LogP contribution in [0.4, 0.5) is 5.69 Å². The second kappa shape index (κ2) is 12.0. The summed E-state index contributed by atoms with van der Waals surface area (Å²) in [5.41, 5.74) is 1.45. The number of nitro benzene ring substituents is 1. The summed E-state index contributed by atoms with van der Waals surface area (Å²) in [6.45, 7) is 0.0716. The number of likely N-dealkylation sites (tertiary alicyclic amines) is 2. The van der Waals surface area contributed by atoms with Gasteiger partial charge in [-0.05, 0) is 29.5 Å². The van der Waals surface area contributed by atoms with Crippen molar-refractivity contribution < 1.29 is 24.1 Å². The molecule has 1 aromatic heterocycles. The molecule has 2 aliphatic heterocycles. The van der Waals surface area contributed by atoms with Crippen LogP contribution in [0.15, 0.2) is 71.4 Å². The molecule has 3 amide bonds. The molecule has 0 saturated carbocycles. The Bertz CT molecular complexity index is 1430. The molecular formula is C28H26N4O6S2. The number of carbonyl (C=O) groups excluding carboxylic acids is 4. The van der Waals surface area contributed by atoms with Gasteiger partial charge < -0.3 is 15.1 Å². The molecule has 2 aromatic carbocycles. The lowest BCUT2D eigenvalue weighted by molar-refractivity contribution is -0.384. The van der Waals surface area contributed by atoms with Crippen molar-refractivity contribution in [1.82, 2.24) is 15.1 Å². The zero-order chi connectivity index (χ0) is 28.2. The summed E-state index contributed by atoms with van der Waals surface area (Å²) in [5, 5.41) is 17.5. The number of rotatable bonds is 9. The number of amides is 3. The van der Waals surface area contributed by atoms with Gasteiger partial charge in [0.15, 0.2) is 5.78 Å². The highest BCUT2D eigenvalue weighted by Gasteiger charge is 2.52. The smallest absolute Gasteiger partial charge is 0.270 e. The lowest BCUT2D eigenvalue weighted by Gasteiger charge is -2.28. The van der Waals surface area contributed by atoms with E-state index >= 15 is 0 Å². The number of nitrogens with one attached hydrogen (secondary N) is 1. The predicted octanol–water partition coefficient (Wildman–Crippen LogP) is 3.38. The summed E-state index contributed by atoms with van der Waals surface area (Å²) in [7, 11) is 0. The van der Waals surface area contributed by atoms with Crippen LogP contribution in [0.3, 0.4) is 0 Å². The van der Waals surface area contributed by atoms with Crippen LogP contribution in [-0.4, -0.2) is 75.2 Å². The number of nitro groups is 1. The van der Waals surface area contributed by atoms with Crippen molar-refractivity contribution in [2.45, 2.75) is 30.3 Å². The Labute approximate surface area is 238 Å². The molecule has 3 heterocycles. The lowest BCUT2D eigenvalue weighted by atomic mass is 10.1. The van der Waals surface area contributed by atoms with Crippen LogP contribution in [0, 0.1) is 10.1 Å². The van der Waals surface area contributed by atoms with E-state index in [0.717, 1.165) is 5.56 Å². The molecule has 40 heavy (non-hydrogen) atoms. The van der Waals surface area contributed by atoms with Gasteiger partial charge in [-0.2, -0.15) is 23.1 Å². The van der Waals surface area contributed by atoms with Gasteiger partial charge in [-0.15, -0.1) is 0 Å². The average Bonchev–Trinajstić information content (AvgIpc) is 3.72. The Morgan fingerprint density at radius 3 is 2.60 bits per heavy atom. The van der Waals surface area contributed by atoms with E-state index in [1.54, 1.807) is 16.8 Å². The average molecular weight is 579 g/mol. The molecule has 206 valence electrons. The van der Waals surface area contributed by atoms with Gasteiger partial charge in [-0.1, -0.05) is 36.4 Å². The van der Waals surface area contributed by atoms with E-state index in [9.17, 15) is 29.3 Å². The summed E-state index contributed by atoms with van der Waals surface area (Å²) < 4.78 is 0. The van der Waals surface area contributed by atoms with Crippen LogP contribution < -0.4 is 5.32 Å². The molecule has 10 nitrogen and oxygen atoms in total. The molecule has 3 aromatic rings. The normalized spacial score (nSPS) is 18.9. The molecule has 2 fully saturated rings. The first-order chi connectivity index (χ1) is 19.3. The largest absolute Gasteiger partial charge is 0.339 e. The van der Waals surface area contributed by atoms with E-state index in [-0.39, 0.29) is 41.9 Å². The number of Topliss-reactive ketones (excluding diaryl/α,β-unsaturated/α-hetero) is 1. The number of hydrogen-bond donors (Lipinski definition) is 1. The van der Waals surface area contributed by atoms with Crippen LogP contribution in [0.1, 0.15) is 32.7 Å². The summed E-state index contributed by atoms with van der Waals surface area (Å²) >= 11 is 2.89. The first-order valence-electron chi connectivity index (χ1n) is 12.7. The van der Waals surface area contributed by atoms with Crippen molar-refractivity contribution in [2.24, 2.45) is 0 Å². The quantitative estimate of drug-likeness (QED) is 0.304. The van der Waals surface area contributed by atoms with E-state index in [1.807, 2.05) is 30.3 Å². The molecule has 0 radical (unpaired) electrons. The monoisotopic (exact) mass is 578 g/mol. The number of ketones is 1. The topological polar surface area (TPSA) is 130 Å². The Kier molecular flexibility index (Phi) is 8.27. The molecular weight excluding hydrogens is 552 g/mol. The van der Waals surface area contributed by atoms with Crippen LogP contribution in [-0.2, 0) is 15.3 Å². The van der Waals surface area contributed by atoms with Gasteiger partial charge in [0.05, 0.1) is 23.1 Å². The second-order valence-electron chi connectivity index (χ2n) is 9.58. The fourth-order valence-electron chi connectivity index (χ4n) is 5.14. The highest BCUT2D eigenvalue weighted by molar-refractivity contribution is 7.98. The second-order valence-corrected chi connectivity index (χ2v) is 11.4. The van der Waals surface area contributed by atoms with Gasteiger partial charge in [0.25, 0.3) is 17.5 Å². The molecule has 0 bridgehead atoms. The predicted molar refractivity (Wildman–Crippen MR) is 151 cm³/mol. The van der Waals surface area contributed by atoms with Crippen LogP contribution in [0.2, 0.25) is 0 Å². The molecule has 12 heteroatoms. The van der Waals surface area contributed by atoms with Gasteiger partial charge >= 0.3 is 0 Å². The minimum Gasteiger partial charge on any atom is -0.339 e. The number of benzene rings is 2. The van der Waals surface area contributed by atoms with Crippen molar-refractivity contribution in [2.75, 3.05) is 18.8 Å². The van der Waals surface area contributed by atoms with Crippen LogP contribution >= 0.6 is 23.1 Å². The number of thioether (sulfide) groups is 1. The third kappa shape index (κ3) is 5.77. The number of carbonyl (C=O) groups is 4. The highest BCUT2D eigenvalue weighted by atomic mass is 32.2. The fraction of sp³-hybridized carbons (Fsp3) is 0.286. The van der Waals surface area contributed by atoms with Gasteiger partial charge in [-0.3, -0.25) is 29.3 Å². The number of hydrogen-bond acceptors (Lipinski definition) is 8. The molecule has 1 N–H and O–H groups in total. The number of nitrogens with zero attached hydrogens (tertiary/aromatic N) is 3. The van der Waals surface area contributed by atoms with E-state index in [0.29, 0.717) is 23.5 Å². The molecule has 5 rings (SSSR count). The number of fused-ring (bicyclic) bond motifs is 1. The Hall–Kier alpha value is -4.03. The summed E-state index contributed by atoms with van der Waals surface area (Å²) in [5.74, 6) is -0.531. The maximum atomic E-state index is 13.8. The standard InChI is InChI=1S/C28H26N4O6S2/c33-24-14-31(27(35)19-7-4-8-21(13-19)32(37)38)23-9-11-30(25(23)24)28(36)22(29-26(34)20-10-12-39-16-20)17-40-15-18-5-2-1-3-6-18/h1-8,10,12-13,16,22-23,25H,9,11,14-15,17H2,(H,29,34)/t22-,23+,25-/m0/s1. The Morgan fingerprint density at radius 1 is 1.07 bits per heavy atom. The molecule has 0 aliphatic carbocycles. The molecule has 2 aliphatic rings. The minimum atomic E-state index is -0.866. The van der Waals surface area contributed by atoms with Crippen molar-refractivity contribution in [3.63, 3.8) is 0 Å². The van der Waals surface area contributed by atoms with Crippen molar-refractivity contribution in [1.29, 1.82) is 0 Å². The third-order valence-electron chi connectivity index (χ3n) is 7.05. The molecule has 3 atom stereocenters. The van der Waals surface area contributed by atoms with E-state index in [1.165, 1.54) is 57.2 Å². The fourth-order valence-corrected chi connectivity index (χ4v) is 6.78. The van der Waals surface area contributed by atoms with Gasteiger partial charge in [0, 0.05) is 41.1 Å². The molecule has 0 unspecified atom stereocenters. The Morgan fingerprint density at radius 2 is 1.88 bits per heavy atom. The molecule has 2 saturated heterocycles. The van der Waals surface area contributed by atoms with Gasteiger partial charge in [0.2, 0.25) is 5.91 Å². The number of thiophene rings is 1. The van der Waals surface area contributed by atoms with Crippen LogP contribution in [0.5, 0.6) is 0 Å². The number of non-ortho nitro benzene ring substituents is 1. The van der Waals surface area contributed by atoms with E-state index in [4.69, 9.17) is 0 Å². The zero-order valence-electron chi connectivity index (χ0n) is 21.3. The zero-order valence-corrected chi connectivity index (χ0v) is 22.9. The Balaban J connectivity index is 1.31.